The lowest BCUT2D eigenvalue weighted by Gasteiger charge is -2.31. The summed E-state index contributed by atoms with van der Waals surface area (Å²) in [6.45, 7) is 6.41. The fraction of sp³-hybridized carbons (Fsp3) is 0.444. The SMILES string of the molecule is Cc1nn(C)c(C)c1CCNC(=O)[C@@H]1Oc2ccccc2O[C@H]1C. The Morgan fingerprint density at radius 1 is 1.25 bits per heavy atom. The van der Waals surface area contributed by atoms with Crippen LogP contribution in [0, 0.1) is 13.8 Å². The van der Waals surface area contributed by atoms with Crippen molar-refractivity contribution in [2.24, 2.45) is 7.05 Å². The van der Waals surface area contributed by atoms with Crippen molar-refractivity contribution in [2.45, 2.75) is 39.4 Å². The first-order chi connectivity index (χ1) is 11.5. The van der Waals surface area contributed by atoms with Crippen molar-refractivity contribution in [3.8, 4) is 11.5 Å². The van der Waals surface area contributed by atoms with Crippen LogP contribution in [0.4, 0.5) is 0 Å². The van der Waals surface area contributed by atoms with Gasteiger partial charge in [-0.25, -0.2) is 0 Å². The Balaban J connectivity index is 1.59. The third-order valence-electron chi connectivity index (χ3n) is 4.43. The monoisotopic (exact) mass is 329 g/mol. The van der Waals surface area contributed by atoms with E-state index >= 15 is 0 Å². The Morgan fingerprint density at radius 2 is 1.92 bits per heavy atom. The predicted molar refractivity (Wildman–Crippen MR) is 90.3 cm³/mol. The number of hydrogen-bond donors (Lipinski definition) is 1. The van der Waals surface area contributed by atoms with Gasteiger partial charge in [0.25, 0.3) is 5.91 Å². The highest BCUT2D eigenvalue weighted by Crippen LogP contribution is 2.33. The van der Waals surface area contributed by atoms with Crippen LogP contribution in [0.1, 0.15) is 23.9 Å². The number of nitrogens with zero attached hydrogens (tertiary/aromatic N) is 2. The third-order valence-corrected chi connectivity index (χ3v) is 4.43. The van der Waals surface area contributed by atoms with E-state index in [0.29, 0.717) is 18.0 Å². The maximum Gasteiger partial charge on any atom is 0.265 e. The number of ether oxygens (including phenoxy) is 2. The second-order valence-electron chi connectivity index (χ2n) is 6.12. The summed E-state index contributed by atoms with van der Waals surface area (Å²) in [6, 6.07) is 7.40. The van der Waals surface area contributed by atoms with Gasteiger partial charge in [0.15, 0.2) is 11.5 Å². The van der Waals surface area contributed by atoms with Gasteiger partial charge >= 0.3 is 0 Å². The average Bonchev–Trinajstić information content (AvgIpc) is 2.80. The molecule has 0 spiro atoms. The van der Waals surface area contributed by atoms with Gasteiger partial charge in [-0.3, -0.25) is 9.48 Å². The Morgan fingerprint density at radius 3 is 2.54 bits per heavy atom. The van der Waals surface area contributed by atoms with Crippen molar-refractivity contribution in [1.29, 1.82) is 0 Å². The minimum absolute atomic E-state index is 0.156. The molecule has 6 nitrogen and oxygen atoms in total. The van der Waals surface area contributed by atoms with E-state index in [1.165, 1.54) is 5.56 Å². The number of rotatable bonds is 4. The molecule has 1 aliphatic rings. The largest absolute Gasteiger partial charge is 0.482 e. The van der Waals surface area contributed by atoms with Crippen LogP contribution in [-0.2, 0) is 18.3 Å². The summed E-state index contributed by atoms with van der Waals surface area (Å²) in [7, 11) is 1.93. The van der Waals surface area contributed by atoms with E-state index in [4.69, 9.17) is 9.47 Å². The van der Waals surface area contributed by atoms with Crippen LogP contribution < -0.4 is 14.8 Å². The van der Waals surface area contributed by atoms with Gasteiger partial charge in [-0.1, -0.05) is 12.1 Å². The minimum atomic E-state index is -0.643. The molecule has 0 unspecified atom stereocenters. The summed E-state index contributed by atoms with van der Waals surface area (Å²) < 4.78 is 13.4. The molecule has 1 aromatic carbocycles. The van der Waals surface area contributed by atoms with Crippen molar-refractivity contribution in [1.82, 2.24) is 15.1 Å². The van der Waals surface area contributed by atoms with Crippen molar-refractivity contribution < 1.29 is 14.3 Å². The Bertz CT molecular complexity index is 754. The lowest BCUT2D eigenvalue weighted by atomic mass is 10.1. The molecular formula is C18H23N3O3. The van der Waals surface area contributed by atoms with Crippen molar-refractivity contribution in [2.75, 3.05) is 6.54 Å². The lowest BCUT2D eigenvalue weighted by molar-refractivity contribution is -0.133. The first-order valence-corrected chi connectivity index (χ1v) is 8.16. The molecule has 128 valence electrons. The maximum atomic E-state index is 12.4. The van der Waals surface area contributed by atoms with Gasteiger partial charge in [0, 0.05) is 19.3 Å². The summed E-state index contributed by atoms with van der Waals surface area (Å²) >= 11 is 0. The van der Waals surface area contributed by atoms with Crippen LogP contribution in [0.2, 0.25) is 0 Å². The molecule has 0 saturated heterocycles. The normalized spacial score (nSPS) is 19.2. The molecule has 1 aliphatic heterocycles. The zero-order chi connectivity index (χ0) is 17.3. The van der Waals surface area contributed by atoms with Crippen LogP contribution in [0.5, 0.6) is 11.5 Å². The van der Waals surface area contributed by atoms with Crippen molar-refractivity contribution in [3.63, 3.8) is 0 Å². The summed E-state index contributed by atoms with van der Waals surface area (Å²) in [5.74, 6) is 1.13. The number of hydrogen-bond acceptors (Lipinski definition) is 4. The van der Waals surface area contributed by atoms with Gasteiger partial charge in [-0.05, 0) is 44.9 Å². The zero-order valence-corrected chi connectivity index (χ0v) is 14.5. The summed E-state index contributed by atoms with van der Waals surface area (Å²) in [4.78, 5) is 12.4. The molecule has 0 saturated carbocycles. The quantitative estimate of drug-likeness (QED) is 0.931. The molecule has 0 bridgehead atoms. The number of benzene rings is 1. The number of carbonyl (C=O) groups is 1. The van der Waals surface area contributed by atoms with Gasteiger partial charge < -0.3 is 14.8 Å². The van der Waals surface area contributed by atoms with Crippen LogP contribution in [0.3, 0.4) is 0 Å². The maximum absolute atomic E-state index is 12.4. The van der Waals surface area contributed by atoms with E-state index in [0.717, 1.165) is 17.8 Å². The number of aromatic nitrogens is 2. The van der Waals surface area contributed by atoms with Crippen LogP contribution in [0.25, 0.3) is 0 Å². The molecule has 2 atom stereocenters. The van der Waals surface area contributed by atoms with Crippen molar-refractivity contribution >= 4 is 5.91 Å². The highest BCUT2D eigenvalue weighted by atomic mass is 16.6. The van der Waals surface area contributed by atoms with Gasteiger partial charge in [0.1, 0.15) is 6.10 Å². The first-order valence-electron chi connectivity index (χ1n) is 8.16. The molecule has 2 heterocycles. The smallest absolute Gasteiger partial charge is 0.265 e. The Kier molecular flexibility index (Phi) is 4.46. The molecule has 1 N–H and O–H groups in total. The highest BCUT2D eigenvalue weighted by Gasteiger charge is 2.33. The van der Waals surface area contributed by atoms with Crippen molar-refractivity contribution in [3.05, 3.63) is 41.2 Å². The zero-order valence-electron chi connectivity index (χ0n) is 14.5. The number of para-hydroxylation sites is 2. The second-order valence-corrected chi connectivity index (χ2v) is 6.12. The van der Waals surface area contributed by atoms with E-state index in [9.17, 15) is 4.79 Å². The molecular weight excluding hydrogens is 306 g/mol. The van der Waals surface area contributed by atoms with E-state index in [1.807, 2.05) is 56.8 Å². The van der Waals surface area contributed by atoms with Crippen LogP contribution in [0.15, 0.2) is 24.3 Å². The molecule has 2 aromatic rings. The molecule has 24 heavy (non-hydrogen) atoms. The Hall–Kier alpha value is -2.50. The Labute approximate surface area is 141 Å². The molecule has 1 amide bonds. The predicted octanol–water partition coefficient (Wildman–Crippen LogP) is 1.92. The van der Waals surface area contributed by atoms with E-state index in [-0.39, 0.29) is 12.0 Å². The average molecular weight is 329 g/mol. The minimum Gasteiger partial charge on any atom is -0.482 e. The molecule has 1 aromatic heterocycles. The third kappa shape index (κ3) is 3.09. The van der Waals surface area contributed by atoms with Gasteiger partial charge in [0.2, 0.25) is 6.10 Å². The van der Waals surface area contributed by atoms with Crippen LogP contribution >= 0.6 is 0 Å². The molecule has 0 radical (unpaired) electrons. The summed E-state index contributed by atoms with van der Waals surface area (Å²) in [6.07, 6.45) is -0.228. The fourth-order valence-corrected chi connectivity index (χ4v) is 3.00. The number of fused-ring (bicyclic) bond motifs is 1. The molecule has 3 rings (SSSR count). The van der Waals surface area contributed by atoms with Crippen LogP contribution in [-0.4, -0.2) is 34.4 Å². The topological polar surface area (TPSA) is 65.4 Å². The summed E-state index contributed by atoms with van der Waals surface area (Å²) in [5, 5.41) is 7.34. The number of carbonyl (C=O) groups excluding carboxylic acids is 1. The lowest BCUT2D eigenvalue weighted by Crippen LogP contribution is -2.49. The van der Waals surface area contributed by atoms with E-state index in [1.54, 1.807) is 0 Å². The highest BCUT2D eigenvalue weighted by molar-refractivity contribution is 5.82. The second kappa shape index (κ2) is 6.55. The van der Waals surface area contributed by atoms with Gasteiger partial charge in [-0.2, -0.15) is 5.10 Å². The molecule has 0 aliphatic carbocycles. The molecule has 0 fully saturated rings. The number of aryl methyl sites for hydroxylation is 2. The fourth-order valence-electron chi connectivity index (χ4n) is 3.00. The molecule has 6 heteroatoms. The van der Waals surface area contributed by atoms with Gasteiger partial charge in [0.05, 0.1) is 5.69 Å². The number of amides is 1. The van der Waals surface area contributed by atoms with E-state index in [2.05, 4.69) is 10.4 Å². The summed E-state index contributed by atoms with van der Waals surface area (Å²) in [5.41, 5.74) is 3.31. The standard InChI is InChI=1S/C18H23N3O3/c1-11-14(12(2)21(4)20-11)9-10-19-18(22)17-13(3)23-15-7-5-6-8-16(15)24-17/h5-8,13,17H,9-10H2,1-4H3,(H,19,22)/t13-,17+/m0/s1. The van der Waals surface area contributed by atoms with E-state index < -0.39 is 6.10 Å². The van der Waals surface area contributed by atoms with Gasteiger partial charge in [-0.15, -0.1) is 0 Å². The first kappa shape index (κ1) is 16.4. The number of nitrogens with one attached hydrogen (secondary N) is 1.